The third-order valence-electron chi connectivity index (χ3n) is 1.86. The maximum atomic E-state index is 11.1. The van der Waals surface area contributed by atoms with Gasteiger partial charge in [-0.25, -0.2) is 4.79 Å². The molecule has 0 saturated heterocycles. The Labute approximate surface area is 80.4 Å². The molecule has 3 nitrogen and oxygen atoms in total. The first-order chi connectivity index (χ1) is 6.10. The fourth-order valence-electron chi connectivity index (χ4n) is 0.905. The molecule has 13 heavy (non-hydrogen) atoms. The van der Waals surface area contributed by atoms with Crippen molar-refractivity contribution in [3.05, 3.63) is 0 Å². The molecule has 0 heterocycles. The van der Waals surface area contributed by atoms with Crippen LogP contribution in [-0.2, 0) is 9.47 Å². The van der Waals surface area contributed by atoms with Gasteiger partial charge in [0.15, 0.2) is 0 Å². The molecule has 0 radical (unpaired) electrons. The fraction of sp³-hybridized carbons (Fsp3) is 0.900. The highest BCUT2D eigenvalue weighted by Gasteiger charge is 2.12. The zero-order valence-electron chi connectivity index (χ0n) is 9.00. The van der Waals surface area contributed by atoms with Gasteiger partial charge in [-0.15, -0.1) is 0 Å². The molecule has 0 N–H and O–H groups in total. The van der Waals surface area contributed by atoms with Crippen LogP contribution in [0.4, 0.5) is 4.79 Å². The van der Waals surface area contributed by atoms with E-state index < -0.39 is 6.16 Å². The van der Waals surface area contributed by atoms with Crippen molar-refractivity contribution < 1.29 is 14.3 Å². The second-order valence-electron chi connectivity index (χ2n) is 3.30. The zero-order valence-corrected chi connectivity index (χ0v) is 9.00. The molecule has 78 valence electrons. The standard InChI is InChI=1S/C10H20O3/c1-5-7-9(4)13-10(11)12-8(3)6-2/h8-9H,5-7H2,1-4H3/t8-,9?/m1/s1. The van der Waals surface area contributed by atoms with Gasteiger partial charge >= 0.3 is 6.16 Å². The van der Waals surface area contributed by atoms with Gasteiger partial charge in [0.2, 0.25) is 0 Å². The van der Waals surface area contributed by atoms with Gasteiger partial charge in [-0.2, -0.15) is 0 Å². The van der Waals surface area contributed by atoms with Crippen LogP contribution in [0.25, 0.3) is 0 Å². The minimum Gasteiger partial charge on any atom is -0.431 e. The first-order valence-electron chi connectivity index (χ1n) is 4.97. The summed E-state index contributed by atoms with van der Waals surface area (Å²) in [5.74, 6) is 0. The van der Waals surface area contributed by atoms with Crippen molar-refractivity contribution in [3.8, 4) is 0 Å². The summed E-state index contributed by atoms with van der Waals surface area (Å²) in [6.07, 6.45) is 2.07. The van der Waals surface area contributed by atoms with E-state index >= 15 is 0 Å². The fourth-order valence-corrected chi connectivity index (χ4v) is 0.905. The van der Waals surface area contributed by atoms with Gasteiger partial charge in [0, 0.05) is 0 Å². The Morgan fingerprint density at radius 2 is 1.69 bits per heavy atom. The second-order valence-corrected chi connectivity index (χ2v) is 3.30. The number of carbonyl (C=O) groups excluding carboxylic acids is 1. The Morgan fingerprint density at radius 1 is 1.15 bits per heavy atom. The highest BCUT2D eigenvalue weighted by atomic mass is 16.7. The lowest BCUT2D eigenvalue weighted by Crippen LogP contribution is -2.20. The summed E-state index contributed by atoms with van der Waals surface area (Å²) in [5.41, 5.74) is 0. The highest BCUT2D eigenvalue weighted by Crippen LogP contribution is 2.05. The second kappa shape index (κ2) is 6.75. The molecule has 0 aliphatic carbocycles. The quantitative estimate of drug-likeness (QED) is 0.622. The van der Waals surface area contributed by atoms with Crippen molar-refractivity contribution in [2.24, 2.45) is 0 Å². The third-order valence-corrected chi connectivity index (χ3v) is 1.86. The van der Waals surface area contributed by atoms with Crippen LogP contribution in [0.15, 0.2) is 0 Å². The van der Waals surface area contributed by atoms with Crippen LogP contribution in [0.2, 0.25) is 0 Å². The highest BCUT2D eigenvalue weighted by molar-refractivity contribution is 5.60. The van der Waals surface area contributed by atoms with E-state index in [9.17, 15) is 4.79 Å². The first-order valence-corrected chi connectivity index (χ1v) is 4.97. The van der Waals surface area contributed by atoms with Crippen molar-refractivity contribution in [2.75, 3.05) is 0 Å². The SMILES string of the molecule is CCCC(C)OC(=O)O[C@H](C)CC. The van der Waals surface area contributed by atoms with Crippen molar-refractivity contribution in [1.82, 2.24) is 0 Å². The number of hydrogen-bond donors (Lipinski definition) is 0. The van der Waals surface area contributed by atoms with Crippen molar-refractivity contribution >= 4 is 6.16 Å². The summed E-state index contributed by atoms with van der Waals surface area (Å²) in [5, 5.41) is 0. The summed E-state index contributed by atoms with van der Waals surface area (Å²) in [4.78, 5) is 11.1. The van der Waals surface area contributed by atoms with Crippen LogP contribution in [0.5, 0.6) is 0 Å². The summed E-state index contributed by atoms with van der Waals surface area (Å²) in [6.45, 7) is 7.75. The Bertz CT molecular complexity index is 145. The Morgan fingerprint density at radius 3 is 2.15 bits per heavy atom. The maximum absolute atomic E-state index is 11.1. The van der Waals surface area contributed by atoms with E-state index in [1.807, 2.05) is 20.8 Å². The van der Waals surface area contributed by atoms with Gasteiger partial charge in [0.05, 0.1) is 0 Å². The van der Waals surface area contributed by atoms with Crippen LogP contribution >= 0.6 is 0 Å². The summed E-state index contributed by atoms with van der Waals surface area (Å²) >= 11 is 0. The molecule has 3 heteroatoms. The Hall–Kier alpha value is -0.730. The average Bonchev–Trinajstić information content (AvgIpc) is 2.04. The lowest BCUT2D eigenvalue weighted by molar-refractivity contribution is 0.00474. The van der Waals surface area contributed by atoms with Gasteiger partial charge in [0.25, 0.3) is 0 Å². The van der Waals surface area contributed by atoms with Gasteiger partial charge in [-0.1, -0.05) is 20.3 Å². The van der Waals surface area contributed by atoms with Gasteiger partial charge in [0.1, 0.15) is 12.2 Å². The van der Waals surface area contributed by atoms with E-state index in [0.29, 0.717) is 0 Å². The Balaban J connectivity index is 3.61. The number of carbonyl (C=O) groups is 1. The molecule has 0 spiro atoms. The third kappa shape index (κ3) is 6.43. The topological polar surface area (TPSA) is 35.5 Å². The number of rotatable bonds is 5. The van der Waals surface area contributed by atoms with E-state index in [-0.39, 0.29) is 12.2 Å². The molecule has 0 aromatic rings. The summed E-state index contributed by atoms with van der Waals surface area (Å²) in [7, 11) is 0. The van der Waals surface area contributed by atoms with Crippen molar-refractivity contribution in [2.45, 2.75) is 59.2 Å². The largest absolute Gasteiger partial charge is 0.508 e. The van der Waals surface area contributed by atoms with E-state index in [1.165, 1.54) is 0 Å². The van der Waals surface area contributed by atoms with Gasteiger partial charge < -0.3 is 9.47 Å². The molecule has 0 saturated carbocycles. The summed E-state index contributed by atoms with van der Waals surface area (Å²) in [6, 6.07) is 0. The predicted molar refractivity (Wildman–Crippen MR) is 51.7 cm³/mol. The maximum Gasteiger partial charge on any atom is 0.508 e. The smallest absolute Gasteiger partial charge is 0.431 e. The number of ether oxygens (including phenoxy) is 2. The van der Waals surface area contributed by atoms with Crippen molar-refractivity contribution in [3.63, 3.8) is 0 Å². The Kier molecular flexibility index (Phi) is 6.37. The van der Waals surface area contributed by atoms with E-state index in [0.717, 1.165) is 19.3 Å². The lowest BCUT2D eigenvalue weighted by Gasteiger charge is -2.14. The molecule has 0 rings (SSSR count). The summed E-state index contributed by atoms with van der Waals surface area (Å²) < 4.78 is 9.96. The molecule has 0 fully saturated rings. The molecule has 0 aliphatic heterocycles. The molecule has 2 atom stereocenters. The van der Waals surface area contributed by atoms with Gasteiger partial charge in [-0.05, 0) is 26.7 Å². The molecule has 0 aromatic heterocycles. The van der Waals surface area contributed by atoms with Crippen molar-refractivity contribution in [1.29, 1.82) is 0 Å². The molecule has 0 aliphatic rings. The predicted octanol–water partition coefficient (Wildman–Crippen LogP) is 3.13. The molecule has 1 unspecified atom stereocenters. The van der Waals surface area contributed by atoms with Gasteiger partial charge in [-0.3, -0.25) is 0 Å². The molecule has 0 amide bonds. The van der Waals surface area contributed by atoms with Crippen LogP contribution in [0, 0.1) is 0 Å². The lowest BCUT2D eigenvalue weighted by atomic mass is 10.2. The molecule has 0 aromatic carbocycles. The van der Waals surface area contributed by atoms with E-state index in [4.69, 9.17) is 9.47 Å². The van der Waals surface area contributed by atoms with E-state index in [2.05, 4.69) is 6.92 Å². The first kappa shape index (κ1) is 12.3. The normalized spacial score (nSPS) is 14.8. The monoisotopic (exact) mass is 188 g/mol. The van der Waals surface area contributed by atoms with Crippen LogP contribution in [0.3, 0.4) is 0 Å². The molecule has 0 bridgehead atoms. The zero-order chi connectivity index (χ0) is 10.3. The minimum absolute atomic E-state index is 0.0402. The van der Waals surface area contributed by atoms with Crippen LogP contribution < -0.4 is 0 Å². The van der Waals surface area contributed by atoms with Crippen LogP contribution in [0.1, 0.15) is 47.0 Å². The van der Waals surface area contributed by atoms with E-state index in [1.54, 1.807) is 0 Å². The number of hydrogen-bond acceptors (Lipinski definition) is 3. The van der Waals surface area contributed by atoms with Crippen LogP contribution in [-0.4, -0.2) is 18.4 Å². The minimum atomic E-state index is -0.546. The molecular formula is C10H20O3. The average molecular weight is 188 g/mol. The molecular weight excluding hydrogens is 168 g/mol.